The van der Waals surface area contributed by atoms with Crippen LogP contribution < -0.4 is 5.56 Å². The lowest BCUT2D eigenvalue weighted by Gasteiger charge is -2.11. The van der Waals surface area contributed by atoms with Crippen LogP contribution in [0.1, 0.15) is 19.8 Å². The summed E-state index contributed by atoms with van der Waals surface area (Å²) >= 11 is 1.56. The van der Waals surface area contributed by atoms with E-state index in [1.165, 1.54) is 0 Å². The van der Waals surface area contributed by atoms with E-state index in [2.05, 4.69) is 18.5 Å². The molecule has 0 amide bonds. The molecule has 0 fully saturated rings. The van der Waals surface area contributed by atoms with Crippen LogP contribution in [0.25, 0.3) is 10.9 Å². The van der Waals surface area contributed by atoms with Crippen LogP contribution in [-0.4, -0.2) is 15.3 Å². The minimum atomic E-state index is 0.0608. The van der Waals surface area contributed by atoms with Gasteiger partial charge in [-0.2, -0.15) is 0 Å². The van der Waals surface area contributed by atoms with Crippen LogP contribution in [0.15, 0.2) is 46.9 Å². The fourth-order valence-electron chi connectivity index (χ4n) is 1.90. The molecule has 0 aliphatic rings. The van der Waals surface area contributed by atoms with Gasteiger partial charge >= 0.3 is 0 Å². The van der Waals surface area contributed by atoms with Crippen molar-refractivity contribution in [3.63, 3.8) is 0 Å². The van der Waals surface area contributed by atoms with Crippen molar-refractivity contribution in [1.82, 2.24) is 9.55 Å². The average molecular weight is 274 g/mol. The van der Waals surface area contributed by atoms with Crippen LogP contribution in [0.4, 0.5) is 0 Å². The highest BCUT2D eigenvalue weighted by molar-refractivity contribution is 7.99. The summed E-state index contributed by atoms with van der Waals surface area (Å²) in [6.07, 6.45) is 3.88. The molecule has 2 rings (SSSR count). The number of hydrogen-bond acceptors (Lipinski definition) is 3. The van der Waals surface area contributed by atoms with E-state index in [0.29, 0.717) is 5.39 Å². The van der Waals surface area contributed by atoms with Crippen molar-refractivity contribution < 1.29 is 0 Å². The summed E-state index contributed by atoms with van der Waals surface area (Å²) in [4.78, 5) is 17.1. The predicted molar refractivity (Wildman–Crippen MR) is 81.8 cm³/mol. The first kappa shape index (κ1) is 13.9. The van der Waals surface area contributed by atoms with Crippen LogP contribution in [0.2, 0.25) is 0 Å². The van der Waals surface area contributed by atoms with Crippen molar-refractivity contribution in [2.45, 2.75) is 31.5 Å². The van der Waals surface area contributed by atoms with Crippen molar-refractivity contribution >= 4 is 22.7 Å². The highest BCUT2D eigenvalue weighted by Crippen LogP contribution is 2.18. The van der Waals surface area contributed by atoms with Crippen molar-refractivity contribution in [3.05, 3.63) is 47.3 Å². The van der Waals surface area contributed by atoms with E-state index < -0.39 is 0 Å². The molecule has 0 N–H and O–H groups in total. The van der Waals surface area contributed by atoms with Gasteiger partial charge in [0.2, 0.25) is 0 Å². The summed E-state index contributed by atoms with van der Waals surface area (Å²) in [6, 6.07) is 7.52. The number of benzene rings is 1. The lowest BCUT2D eigenvalue weighted by Crippen LogP contribution is -2.23. The largest absolute Gasteiger partial charge is 0.287 e. The first-order valence-electron chi connectivity index (χ1n) is 6.51. The summed E-state index contributed by atoms with van der Waals surface area (Å²) < 4.78 is 1.79. The Morgan fingerprint density at radius 3 is 2.95 bits per heavy atom. The third-order valence-corrected chi connectivity index (χ3v) is 3.86. The first-order valence-corrected chi connectivity index (χ1v) is 7.49. The topological polar surface area (TPSA) is 34.9 Å². The molecule has 19 heavy (non-hydrogen) atoms. The highest BCUT2D eigenvalue weighted by atomic mass is 32.2. The van der Waals surface area contributed by atoms with E-state index in [4.69, 9.17) is 0 Å². The van der Waals surface area contributed by atoms with Crippen molar-refractivity contribution in [1.29, 1.82) is 0 Å². The van der Waals surface area contributed by atoms with Crippen LogP contribution in [-0.2, 0) is 6.54 Å². The van der Waals surface area contributed by atoms with Crippen LogP contribution in [0.3, 0.4) is 0 Å². The molecule has 0 aliphatic carbocycles. The number of para-hydroxylation sites is 1. The van der Waals surface area contributed by atoms with Gasteiger partial charge in [0.15, 0.2) is 5.16 Å². The Morgan fingerprint density at radius 1 is 1.42 bits per heavy atom. The van der Waals surface area contributed by atoms with Crippen LogP contribution in [0.5, 0.6) is 0 Å². The van der Waals surface area contributed by atoms with E-state index in [0.717, 1.165) is 35.8 Å². The fourth-order valence-corrected chi connectivity index (χ4v) is 2.66. The number of aromatic nitrogens is 2. The van der Waals surface area contributed by atoms with Gasteiger partial charge in [-0.3, -0.25) is 9.36 Å². The molecule has 0 saturated carbocycles. The van der Waals surface area contributed by atoms with Gasteiger partial charge in [0.05, 0.1) is 10.9 Å². The highest BCUT2D eigenvalue weighted by Gasteiger charge is 2.10. The van der Waals surface area contributed by atoms with Gasteiger partial charge < -0.3 is 0 Å². The average Bonchev–Trinajstić information content (AvgIpc) is 2.44. The van der Waals surface area contributed by atoms with E-state index in [1.54, 1.807) is 16.3 Å². The van der Waals surface area contributed by atoms with Crippen molar-refractivity contribution in [2.75, 3.05) is 5.75 Å². The van der Waals surface area contributed by atoms with E-state index in [9.17, 15) is 4.79 Å². The van der Waals surface area contributed by atoms with Gasteiger partial charge in [-0.05, 0) is 18.6 Å². The van der Waals surface area contributed by atoms with E-state index >= 15 is 0 Å². The van der Waals surface area contributed by atoms with E-state index in [-0.39, 0.29) is 5.56 Å². The zero-order valence-corrected chi connectivity index (χ0v) is 11.9. The number of nitrogens with zero attached hydrogens (tertiary/aromatic N) is 2. The summed E-state index contributed by atoms with van der Waals surface area (Å²) in [5, 5.41) is 1.48. The zero-order valence-electron chi connectivity index (χ0n) is 11.1. The Kier molecular flexibility index (Phi) is 4.80. The Hall–Kier alpha value is -1.55. The van der Waals surface area contributed by atoms with Gasteiger partial charge in [0.1, 0.15) is 0 Å². The van der Waals surface area contributed by atoms with Gasteiger partial charge in [-0.25, -0.2) is 4.98 Å². The lowest BCUT2D eigenvalue weighted by molar-refractivity contribution is 0.558. The first-order chi connectivity index (χ1) is 9.27. The standard InChI is InChI=1S/C15H18N2OS/c1-3-5-10-17-14(18)12-8-6-7-9-13(12)16-15(17)19-11-4-2/h4,6-9H,2-3,5,10-11H2,1H3. The maximum atomic E-state index is 12.5. The van der Waals surface area contributed by atoms with Crippen LogP contribution >= 0.6 is 11.8 Å². The third kappa shape index (κ3) is 3.07. The molecule has 4 heteroatoms. The Bertz CT molecular complexity index is 634. The maximum absolute atomic E-state index is 12.5. The summed E-state index contributed by atoms with van der Waals surface area (Å²) in [5.41, 5.74) is 0.831. The maximum Gasteiger partial charge on any atom is 0.262 e. The minimum Gasteiger partial charge on any atom is -0.287 e. The van der Waals surface area contributed by atoms with Crippen molar-refractivity contribution in [3.8, 4) is 0 Å². The second-order valence-electron chi connectivity index (χ2n) is 4.32. The van der Waals surface area contributed by atoms with Gasteiger partial charge in [-0.1, -0.05) is 43.3 Å². The van der Waals surface area contributed by atoms with Crippen LogP contribution in [0, 0.1) is 0 Å². The molecule has 0 spiro atoms. The SMILES string of the molecule is C=CCSc1nc2ccccc2c(=O)n1CCCC. The van der Waals surface area contributed by atoms with E-state index in [1.807, 2.05) is 30.3 Å². The smallest absolute Gasteiger partial charge is 0.262 e. The molecule has 0 atom stereocenters. The molecule has 0 saturated heterocycles. The molecule has 0 unspecified atom stereocenters. The number of unbranched alkanes of at least 4 members (excludes halogenated alkanes) is 1. The second kappa shape index (κ2) is 6.57. The van der Waals surface area contributed by atoms with Gasteiger partial charge in [-0.15, -0.1) is 6.58 Å². The quantitative estimate of drug-likeness (QED) is 0.459. The predicted octanol–water partition coefficient (Wildman–Crippen LogP) is 3.47. The molecule has 0 aliphatic heterocycles. The van der Waals surface area contributed by atoms with Crippen molar-refractivity contribution in [2.24, 2.45) is 0 Å². The Labute approximate surface area is 117 Å². The molecular formula is C15H18N2OS. The molecule has 1 heterocycles. The second-order valence-corrected chi connectivity index (χ2v) is 5.31. The molecule has 2 aromatic rings. The number of hydrogen-bond donors (Lipinski definition) is 0. The monoisotopic (exact) mass is 274 g/mol. The minimum absolute atomic E-state index is 0.0608. The lowest BCUT2D eigenvalue weighted by atomic mass is 10.2. The molecule has 1 aromatic heterocycles. The fraction of sp³-hybridized carbons (Fsp3) is 0.333. The number of rotatable bonds is 6. The molecular weight excluding hydrogens is 256 g/mol. The number of fused-ring (bicyclic) bond motifs is 1. The van der Waals surface area contributed by atoms with Gasteiger partial charge in [0, 0.05) is 12.3 Å². The van der Waals surface area contributed by atoms with Gasteiger partial charge in [0.25, 0.3) is 5.56 Å². The molecule has 1 aromatic carbocycles. The number of thioether (sulfide) groups is 1. The third-order valence-electron chi connectivity index (χ3n) is 2.89. The Balaban J connectivity index is 2.55. The molecule has 100 valence electrons. The summed E-state index contributed by atoms with van der Waals surface area (Å²) in [7, 11) is 0. The summed E-state index contributed by atoms with van der Waals surface area (Å²) in [6.45, 7) is 6.57. The molecule has 3 nitrogen and oxygen atoms in total. The Morgan fingerprint density at radius 2 is 2.21 bits per heavy atom. The normalized spacial score (nSPS) is 10.8. The zero-order chi connectivity index (χ0) is 13.7. The molecule has 0 bridgehead atoms. The summed E-state index contributed by atoms with van der Waals surface area (Å²) in [5.74, 6) is 0.761. The molecule has 0 radical (unpaired) electrons.